The molecule has 0 spiro atoms. The second kappa shape index (κ2) is 8.90. The van der Waals surface area contributed by atoms with Crippen molar-refractivity contribution in [2.75, 3.05) is 25.2 Å². The first-order valence-corrected chi connectivity index (χ1v) is 9.66. The Labute approximate surface area is 170 Å². The maximum absolute atomic E-state index is 12.5. The third-order valence-electron chi connectivity index (χ3n) is 5.11. The van der Waals surface area contributed by atoms with Gasteiger partial charge < -0.3 is 14.4 Å². The van der Waals surface area contributed by atoms with Crippen LogP contribution in [0.25, 0.3) is 0 Å². The normalized spacial score (nSPS) is 16.0. The summed E-state index contributed by atoms with van der Waals surface area (Å²) in [6.45, 7) is 3.84. The third kappa shape index (κ3) is 4.65. The van der Waals surface area contributed by atoms with Crippen LogP contribution < -0.4 is 9.64 Å². The van der Waals surface area contributed by atoms with Crippen LogP contribution in [0.5, 0.6) is 5.75 Å². The smallest absolute Gasteiger partial charge is 0.311 e. The van der Waals surface area contributed by atoms with Crippen LogP contribution in [0.3, 0.4) is 0 Å². The minimum atomic E-state index is -0.608. The number of amides is 1. The van der Waals surface area contributed by atoms with Gasteiger partial charge in [-0.1, -0.05) is 37.3 Å². The van der Waals surface area contributed by atoms with E-state index >= 15 is 0 Å². The zero-order valence-electron chi connectivity index (χ0n) is 16.9. The van der Waals surface area contributed by atoms with E-state index in [1.165, 1.54) is 0 Å². The number of rotatable bonds is 7. The molecule has 1 aliphatic rings. The van der Waals surface area contributed by atoms with Crippen LogP contribution in [-0.4, -0.2) is 37.9 Å². The number of ketones is 1. The zero-order valence-corrected chi connectivity index (χ0v) is 16.9. The molecule has 29 heavy (non-hydrogen) atoms. The molecule has 1 saturated heterocycles. The van der Waals surface area contributed by atoms with E-state index in [2.05, 4.69) is 0 Å². The second-order valence-corrected chi connectivity index (χ2v) is 7.16. The van der Waals surface area contributed by atoms with Crippen LogP contribution in [0.1, 0.15) is 34.8 Å². The Morgan fingerprint density at radius 2 is 1.86 bits per heavy atom. The number of carbonyl (C=O) groups excluding carboxylic acids is 3. The molecular weight excluding hydrogens is 370 g/mol. The van der Waals surface area contributed by atoms with E-state index in [4.69, 9.17) is 9.47 Å². The molecule has 0 unspecified atom stereocenters. The molecule has 0 saturated carbocycles. The average molecular weight is 395 g/mol. The van der Waals surface area contributed by atoms with Crippen LogP contribution in [0.4, 0.5) is 5.69 Å². The summed E-state index contributed by atoms with van der Waals surface area (Å²) >= 11 is 0. The van der Waals surface area contributed by atoms with Gasteiger partial charge in [0.05, 0.1) is 18.7 Å². The van der Waals surface area contributed by atoms with Crippen molar-refractivity contribution >= 4 is 23.3 Å². The van der Waals surface area contributed by atoms with Crippen molar-refractivity contribution in [1.29, 1.82) is 0 Å². The molecule has 0 bridgehead atoms. The Balaban J connectivity index is 1.61. The van der Waals surface area contributed by atoms with Crippen LogP contribution in [0, 0.1) is 12.8 Å². The number of aryl methyl sites for hydroxylation is 2. The lowest BCUT2D eigenvalue weighted by molar-refractivity contribution is -0.147. The van der Waals surface area contributed by atoms with E-state index in [-0.39, 0.29) is 31.3 Å². The van der Waals surface area contributed by atoms with E-state index in [1.54, 1.807) is 30.2 Å². The Bertz CT molecular complexity index is 919. The number of anilines is 1. The van der Waals surface area contributed by atoms with E-state index in [0.717, 1.165) is 17.5 Å². The molecule has 1 atom stereocenters. The number of Topliss-reactive ketones (excluding diaryl/α,β-unsaturated/α-hetero) is 1. The summed E-state index contributed by atoms with van der Waals surface area (Å²) in [5.74, 6) is -1.00. The molecule has 0 radical (unpaired) electrons. The first-order valence-electron chi connectivity index (χ1n) is 9.66. The molecule has 0 N–H and O–H groups in total. The van der Waals surface area contributed by atoms with Crippen molar-refractivity contribution in [3.8, 4) is 5.75 Å². The van der Waals surface area contributed by atoms with Crippen molar-refractivity contribution in [2.24, 2.45) is 5.92 Å². The molecule has 1 aliphatic heterocycles. The standard InChI is InChI=1S/C23H25NO5/c1-4-16-6-8-17(9-7-16)20(25)14-29-23(27)18-12-22(26)24(13-18)19-11-15(2)5-10-21(19)28-3/h5-11,18H,4,12-14H2,1-3H3/t18-/m1/s1. The number of benzene rings is 2. The highest BCUT2D eigenvalue weighted by atomic mass is 16.5. The van der Waals surface area contributed by atoms with Crippen LogP contribution in [0.2, 0.25) is 0 Å². The van der Waals surface area contributed by atoms with Crippen molar-refractivity contribution < 1.29 is 23.9 Å². The number of methoxy groups -OCH3 is 1. The van der Waals surface area contributed by atoms with Gasteiger partial charge in [-0.15, -0.1) is 0 Å². The van der Waals surface area contributed by atoms with E-state index in [9.17, 15) is 14.4 Å². The van der Waals surface area contributed by atoms with Gasteiger partial charge in [0.15, 0.2) is 12.4 Å². The van der Waals surface area contributed by atoms with Crippen molar-refractivity contribution in [2.45, 2.75) is 26.7 Å². The van der Waals surface area contributed by atoms with Gasteiger partial charge in [0.25, 0.3) is 0 Å². The molecule has 1 fully saturated rings. The fourth-order valence-corrected chi connectivity index (χ4v) is 3.37. The number of ether oxygens (including phenoxy) is 2. The fraction of sp³-hybridized carbons (Fsp3) is 0.348. The number of carbonyl (C=O) groups is 3. The average Bonchev–Trinajstić information content (AvgIpc) is 3.13. The summed E-state index contributed by atoms with van der Waals surface area (Å²) in [6.07, 6.45) is 0.941. The summed E-state index contributed by atoms with van der Waals surface area (Å²) in [4.78, 5) is 38.7. The molecule has 6 nitrogen and oxygen atoms in total. The van der Waals surface area contributed by atoms with Gasteiger partial charge in [0, 0.05) is 18.5 Å². The Morgan fingerprint density at radius 3 is 2.52 bits per heavy atom. The van der Waals surface area contributed by atoms with Crippen LogP contribution >= 0.6 is 0 Å². The van der Waals surface area contributed by atoms with Crippen molar-refractivity contribution in [3.63, 3.8) is 0 Å². The summed E-state index contributed by atoms with van der Waals surface area (Å²) < 4.78 is 10.6. The number of esters is 1. The minimum absolute atomic E-state index is 0.0509. The highest BCUT2D eigenvalue weighted by Crippen LogP contribution is 2.34. The molecule has 3 rings (SSSR count). The maximum Gasteiger partial charge on any atom is 0.311 e. The summed E-state index contributed by atoms with van der Waals surface area (Å²) in [5.41, 5.74) is 3.26. The lowest BCUT2D eigenvalue weighted by Gasteiger charge is -2.20. The molecule has 6 heteroatoms. The first kappa shape index (κ1) is 20.6. The van der Waals surface area contributed by atoms with Gasteiger partial charge >= 0.3 is 5.97 Å². The molecule has 0 aromatic heterocycles. The number of hydrogen-bond donors (Lipinski definition) is 0. The predicted octanol–water partition coefficient (Wildman–Crippen LogP) is 3.35. The van der Waals surface area contributed by atoms with Crippen molar-refractivity contribution in [3.05, 3.63) is 59.2 Å². The topological polar surface area (TPSA) is 72.9 Å². The largest absolute Gasteiger partial charge is 0.495 e. The molecular formula is C23H25NO5. The Morgan fingerprint density at radius 1 is 1.14 bits per heavy atom. The number of hydrogen-bond acceptors (Lipinski definition) is 5. The quantitative estimate of drug-likeness (QED) is 0.531. The predicted molar refractivity (Wildman–Crippen MR) is 109 cm³/mol. The highest BCUT2D eigenvalue weighted by molar-refractivity contribution is 6.01. The van der Waals surface area contributed by atoms with Gasteiger partial charge in [-0.25, -0.2) is 0 Å². The molecule has 1 amide bonds. The molecule has 0 aliphatic carbocycles. The summed E-state index contributed by atoms with van der Waals surface area (Å²) in [7, 11) is 1.54. The van der Waals surface area contributed by atoms with E-state index < -0.39 is 11.9 Å². The summed E-state index contributed by atoms with van der Waals surface area (Å²) in [6, 6.07) is 12.8. The van der Waals surface area contributed by atoms with E-state index in [1.807, 2.05) is 38.1 Å². The second-order valence-electron chi connectivity index (χ2n) is 7.16. The molecule has 2 aromatic rings. The van der Waals surface area contributed by atoms with Crippen LogP contribution in [-0.2, 0) is 20.7 Å². The highest BCUT2D eigenvalue weighted by Gasteiger charge is 2.37. The first-order chi connectivity index (χ1) is 13.9. The van der Waals surface area contributed by atoms with Gasteiger partial charge in [0.1, 0.15) is 5.75 Å². The monoisotopic (exact) mass is 395 g/mol. The third-order valence-corrected chi connectivity index (χ3v) is 5.11. The maximum atomic E-state index is 12.5. The van der Waals surface area contributed by atoms with Gasteiger partial charge in [-0.05, 0) is 36.6 Å². The van der Waals surface area contributed by atoms with Gasteiger partial charge in [-0.2, -0.15) is 0 Å². The van der Waals surface area contributed by atoms with Crippen molar-refractivity contribution in [1.82, 2.24) is 0 Å². The van der Waals surface area contributed by atoms with E-state index in [0.29, 0.717) is 17.0 Å². The zero-order chi connectivity index (χ0) is 21.0. The SMILES string of the molecule is CCc1ccc(C(=O)COC(=O)[C@@H]2CC(=O)N(c3cc(C)ccc3OC)C2)cc1. The minimum Gasteiger partial charge on any atom is -0.495 e. The fourth-order valence-electron chi connectivity index (χ4n) is 3.37. The molecule has 152 valence electrons. The van der Waals surface area contributed by atoms with Gasteiger partial charge in [-0.3, -0.25) is 14.4 Å². The van der Waals surface area contributed by atoms with Gasteiger partial charge in [0.2, 0.25) is 5.91 Å². The molecule has 1 heterocycles. The summed E-state index contributed by atoms with van der Waals surface area (Å²) in [5, 5.41) is 0. The lowest BCUT2D eigenvalue weighted by Crippen LogP contribution is -2.27. The van der Waals surface area contributed by atoms with Crippen LogP contribution in [0.15, 0.2) is 42.5 Å². The number of nitrogens with zero attached hydrogens (tertiary/aromatic N) is 1. The molecule has 2 aromatic carbocycles. The Kier molecular flexibility index (Phi) is 6.32. The Hall–Kier alpha value is -3.15. The lowest BCUT2D eigenvalue weighted by atomic mass is 10.1.